The van der Waals surface area contributed by atoms with Crippen LogP contribution in [0.5, 0.6) is 0 Å². The smallest absolute Gasteiger partial charge is 0.238 e. The average molecular weight is 208 g/mol. The van der Waals surface area contributed by atoms with Crippen LogP contribution in [0.15, 0.2) is 18.2 Å². The van der Waals surface area contributed by atoms with Crippen molar-refractivity contribution in [1.82, 2.24) is 5.43 Å². The zero-order valence-electron chi connectivity index (χ0n) is 8.29. The number of rotatable bonds is 3. The summed E-state index contributed by atoms with van der Waals surface area (Å²) in [6.07, 6.45) is 2.28. The fourth-order valence-corrected chi connectivity index (χ4v) is 1.60. The van der Waals surface area contributed by atoms with Gasteiger partial charge < -0.3 is 0 Å². The minimum absolute atomic E-state index is 0.00667. The molecule has 0 saturated heterocycles. The van der Waals surface area contributed by atoms with Gasteiger partial charge in [0.1, 0.15) is 5.82 Å². The van der Waals surface area contributed by atoms with Crippen molar-refractivity contribution in [2.45, 2.75) is 25.2 Å². The molecule has 0 bridgehead atoms. The average Bonchev–Trinajstić information content (AvgIpc) is 3.04. The molecule has 3 nitrogen and oxygen atoms in total. The van der Waals surface area contributed by atoms with Crippen LogP contribution in [0.4, 0.5) is 4.39 Å². The lowest BCUT2D eigenvalue weighted by atomic mass is 10.1. The number of hydrogen-bond acceptors (Lipinski definition) is 2. The Morgan fingerprint density at radius 3 is 2.80 bits per heavy atom. The molecule has 15 heavy (non-hydrogen) atoms. The second-order valence-corrected chi connectivity index (χ2v) is 3.87. The van der Waals surface area contributed by atoms with Gasteiger partial charge in [0.25, 0.3) is 0 Å². The van der Waals surface area contributed by atoms with Crippen LogP contribution in [0.3, 0.4) is 0 Å². The molecule has 0 heterocycles. The highest BCUT2D eigenvalue weighted by Crippen LogP contribution is 2.40. The number of carbonyl (C=O) groups excluding carboxylic acids is 1. The predicted molar refractivity (Wildman–Crippen MR) is 54.4 cm³/mol. The SMILES string of the molecule is NNC(=O)Cc1ccc(C2CC2)cc1F. The number of hydrogen-bond donors (Lipinski definition) is 2. The van der Waals surface area contributed by atoms with Gasteiger partial charge >= 0.3 is 0 Å². The van der Waals surface area contributed by atoms with E-state index in [0.29, 0.717) is 11.5 Å². The summed E-state index contributed by atoms with van der Waals surface area (Å²) in [6, 6.07) is 5.08. The molecular weight excluding hydrogens is 195 g/mol. The van der Waals surface area contributed by atoms with E-state index < -0.39 is 0 Å². The number of nitrogens with two attached hydrogens (primary N) is 1. The van der Waals surface area contributed by atoms with E-state index >= 15 is 0 Å². The number of hydrazine groups is 1. The number of benzene rings is 1. The van der Waals surface area contributed by atoms with Crippen LogP contribution >= 0.6 is 0 Å². The highest BCUT2D eigenvalue weighted by molar-refractivity contribution is 5.77. The Balaban J connectivity index is 2.14. The number of carbonyl (C=O) groups is 1. The molecule has 3 N–H and O–H groups in total. The van der Waals surface area contributed by atoms with Crippen molar-refractivity contribution in [3.63, 3.8) is 0 Å². The first-order valence-corrected chi connectivity index (χ1v) is 4.98. The van der Waals surface area contributed by atoms with Gasteiger partial charge in [0.15, 0.2) is 0 Å². The molecule has 0 unspecified atom stereocenters. The van der Waals surface area contributed by atoms with E-state index in [1.54, 1.807) is 6.07 Å². The molecule has 0 radical (unpaired) electrons. The van der Waals surface area contributed by atoms with Gasteiger partial charge in [-0.25, -0.2) is 10.2 Å². The van der Waals surface area contributed by atoms with Crippen molar-refractivity contribution in [2.75, 3.05) is 0 Å². The van der Waals surface area contributed by atoms with Crippen molar-refractivity contribution >= 4 is 5.91 Å². The summed E-state index contributed by atoms with van der Waals surface area (Å²) in [7, 11) is 0. The highest BCUT2D eigenvalue weighted by atomic mass is 19.1. The van der Waals surface area contributed by atoms with Crippen LogP contribution < -0.4 is 11.3 Å². The standard InChI is InChI=1S/C11H13FN2O/c12-10-5-8(7-1-2-7)3-4-9(10)6-11(15)14-13/h3-5,7H,1-2,6,13H2,(H,14,15). The Kier molecular flexibility index (Phi) is 2.68. The first kappa shape index (κ1) is 10.1. The van der Waals surface area contributed by atoms with E-state index in [1.165, 1.54) is 6.07 Å². The summed E-state index contributed by atoms with van der Waals surface area (Å²) in [5.74, 6) is 4.76. The first-order chi connectivity index (χ1) is 7.20. The number of nitrogens with one attached hydrogen (secondary N) is 1. The second-order valence-electron chi connectivity index (χ2n) is 3.87. The van der Waals surface area contributed by atoms with E-state index in [0.717, 1.165) is 18.4 Å². The maximum atomic E-state index is 13.5. The Hall–Kier alpha value is -1.42. The summed E-state index contributed by atoms with van der Waals surface area (Å²) in [5, 5.41) is 0. The lowest BCUT2D eigenvalue weighted by molar-refractivity contribution is -0.120. The molecule has 1 saturated carbocycles. The lowest BCUT2D eigenvalue weighted by Crippen LogP contribution is -2.31. The molecule has 0 aliphatic heterocycles. The van der Waals surface area contributed by atoms with Crippen LogP contribution in [0.2, 0.25) is 0 Å². The van der Waals surface area contributed by atoms with Crippen LogP contribution in [-0.2, 0) is 11.2 Å². The third kappa shape index (κ3) is 2.33. The summed E-state index contributed by atoms with van der Waals surface area (Å²) in [6.45, 7) is 0. The van der Waals surface area contributed by atoms with Crippen molar-refractivity contribution < 1.29 is 9.18 Å². The molecule has 1 amide bonds. The summed E-state index contributed by atoms with van der Waals surface area (Å²) >= 11 is 0. The molecule has 0 atom stereocenters. The van der Waals surface area contributed by atoms with Crippen molar-refractivity contribution in [1.29, 1.82) is 0 Å². The molecule has 4 heteroatoms. The maximum absolute atomic E-state index is 13.5. The zero-order chi connectivity index (χ0) is 10.8. The molecule has 1 fully saturated rings. The van der Waals surface area contributed by atoms with Gasteiger partial charge in [-0.1, -0.05) is 12.1 Å². The number of amides is 1. The van der Waals surface area contributed by atoms with Gasteiger partial charge in [-0.05, 0) is 36.0 Å². The summed E-state index contributed by atoms with van der Waals surface area (Å²) in [5.41, 5.74) is 3.41. The van der Waals surface area contributed by atoms with E-state index in [-0.39, 0.29) is 18.1 Å². The quantitative estimate of drug-likeness (QED) is 0.446. The maximum Gasteiger partial charge on any atom is 0.238 e. The topological polar surface area (TPSA) is 55.1 Å². The van der Waals surface area contributed by atoms with Crippen LogP contribution in [0.1, 0.15) is 29.9 Å². The Bertz CT molecular complexity index is 388. The molecule has 0 aromatic heterocycles. The fraction of sp³-hybridized carbons (Fsp3) is 0.364. The molecule has 0 spiro atoms. The van der Waals surface area contributed by atoms with Crippen molar-refractivity contribution in [2.24, 2.45) is 5.84 Å². The Morgan fingerprint density at radius 1 is 1.53 bits per heavy atom. The first-order valence-electron chi connectivity index (χ1n) is 4.98. The molecule has 1 aliphatic rings. The minimum Gasteiger partial charge on any atom is -0.294 e. The molecule has 1 aliphatic carbocycles. The monoisotopic (exact) mass is 208 g/mol. The molecule has 1 aromatic carbocycles. The second kappa shape index (κ2) is 3.98. The van der Waals surface area contributed by atoms with Crippen molar-refractivity contribution in [3.05, 3.63) is 35.1 Å². The highest BCUT2D eigenvalue weighted by Gasteiger charge is 2.24. The van der Waals surface area contributed by atoms with Crippen LogP contribution in [0.25, 0.3) is 0 Å². The van der Waals surface area contributed by atoms with Gasteiger partial charge in [-0.15, -0.1) is 0 Å². The Labute approximate surface area is 87.4 Å². The summed E-state index contributed by atoms with van der Waals surface area (Å²) < 4.78 is 13.5. The van der Waals surface area contributed by atoms with E-state index in [9.17, 15) is 9.18 Å². The molecule has 1 aromatic rings. The van der Waals surface area contributed by atoms with Crippen LogP contribution in [-0.4, -0.2) is 5.91 Å². The third-order valence-corrected chi connectivity index (χ3v) is 2.64. The largest absolute Gasteiger partial charge is 0.294 e. The summed E-state index contributed by atoms with van der Waals surface area (Å²) in [4.78, 5) is 11.0. The fourth-order valence-electron chi connectivity index (χ4n) is 1.60. The van der Waals surface area contributed by atoms with Gasteiger partial charge in [0.05, 0.1) is 6.42 Å². The third-order valence-electron chi connectivity index (χ3n) is 2.64. The van der Waals surface area contributed by atoms with E-state index in [4.69, 9.17) is 5.84 Å². The van der Waals surface area contributed by atoms with Gasteiger partial charge in [-0.3, -0.25) is 10.2 Å². The normalized spacial score (nSPS) is 15.1. The van der Waals surface area contributed by atoms with Gasteiger partial charge in [-0.2, -0.15) is 0 Å². The van der Waals surface area contributed by atoms with Gasteiger partial charge in [0, 0.05) is 0 Å². The Morgan fingerprint density at radius 2 is 2.27 bits per heavy atom. The van der Waals surface area contributed by atoms with Gasteiger partial charge in [0.2, 0.25) is 5.91 Å². The zero-order valence-corrected chi connectivity index (χ0v) is 8.29. The van der Waals surface area contributed by atoms with Crippen LogP contribution in [0, 0.1) is 5.82 Å². The molecule has 80 valence electrons. The van der Waals surface area contributed by atoms with E-state index in [2.05, 4.69) is 0 Å². The van der Waals surface area contributed by atoms with E-state index in [1.807, 2.05) is 11.5 Å². The molecular formula is C11H13FN2O. The molecule has 2 rings (SSSR count). The lowest BCUT2D eigenvalue weighted by Gasteiger charge is -2.04. The minimum atomic E-state index is -0.381. The van der Waals surface area contributed by atoms with Crippen molar-refractivity contribution in [3.8, 4) is 0 Å². The number of halogens is 1. The predicted octanol–water partition coefficient (Wildman–Crippen LogP) is 1.24.